The molecule has 0 bridgehead atoms. The van der Waals surface area contributed by atoms with E-state index in [-0.39, 0.29) is 5.92 Å². The molecule has 0 heterocycles. The number of hydrogen-bond acceptors (Lipinski definition) is 2. The van der Waals surface area contributed by atoms with Gasteiger partial charge in [-0.1, -0.05) is 78.6 Å². The number of hydrogen-bond donors (Lipinski definition) is 2. The van der Waals surface area contributed by atoms with E-state index in [0.717, 1.165) is 27.8 Å². The van der Waals surface area contributed by atoms with Gasteiger partial charge in [0, 0.05) is 17.2 Å². The van der Waals surface area contributed by atoms with E-state index >= 15 is 0 Å². The van der Waals surface area contributed by atoms with Crippen molar-refractivity contribution in [3.63, 3.8) is 0 Å². The van der Waals surface area contributed by atoms with Crippen LogP contribution in [0, 0.1) is 11.8 Å². The number of fused-ring (bicyclic) bond motifs is 1. The lowest BCUT2D eigenvalue weighted by molar-refractivity contribution is 0.160. The molecule has 126 valence electrons. The number of aliphatic hydroxyl groups excluding tert-OH is 1. The molecule has 2 atom stereocenters. The van der Waals surface area contributed by atoms with Crippen LogP contribution in [0.3, 0.4) is 0 Å². The van der Waals surface area contributed by atoms with Gasteiger partial charge >= 0.3 is 0 Å². The molecule has 0 spiro atoms. The lowest BCUT2D eigenvalue weighted by atomic mass is 9.81. The Morgan fingerprint density at radius 2 is 1.50 bits per heavy atom. The van der Waals surface area contributed by atoms with Gasteiger partial charge < -0.3 is 10.8 Å². The van der Waals surface area contributed by atoms with E-state index in [1.54, 1.807) is 0 Å². The molecule has 0 aromatic heterocycles. The number of aliphatic hydroxyl groups is 1. The number of rotatable bonds is 1. The van der Waals surface area contributed by atoms with Crippen molar-refractivity contribution < 1.29 is 5.11 Å². The van der Waals surface area contributed by atoms with Gasteiger partial charge in [-0.25, -0.2) is 0 Å². The molecule has 2 heteroatoms. The van der Waals surface area contributed by atoms with Crippen LogP contribution in [0.2, 0.25) is 0 Å². The largest absolute Gasteiger partial charge is 0.398 e. The highest BCUT2D eigenvalue weighted by atomic mass is 16.3. The maximum atomic E-state index is 10.9. The van der Waals surface area contributed by atoms with Crippen molar-refractivity contribution in [2.24, 2.45) is 0 Å². The average Bonchev–Trinajstić information content (AvgIpc) is 2.68. The van der Waals surface area contributed by atoms with Gasteiger partial charge in [0.2, 0.25) is 0 Å². The van der Waals surface area contributed by atoms with Gasteiger partial charge in [0.1, 0.15) is 0 Å². The maximum absolute atomic E-state index is 10.9. The van der Waals surface area contributed by atoms with E-state index in [1.807, 2.05) is 78.9 Å². The SMILES string of the molecule is Nc1cccc(C2C=Cc3ccccc3[C@@H]2O)c1C#Cc1ccccc1. The van der Waals surface area contributed by atoms with E-state index in [0.29, 0.717) is 5.69 Å². The molecular weight excluding hydrogens is 318 g/mol. The van der Waals surface area contributed by atoms with Crippen molar-refractivity contribution in [3.8, 4) is 11.8 Å². The summed E-state index contributed by atoms with van der Waals surface area (Å²) in [5.74, 6) is 6.23. The second-order valence-electron chi connectivity index (χ2n) is 6.39. The molecule has 1 aliphatic rings. The Kier molecular flexibility index (Phi) is 4.31. The van der Waals surface area contributed by atoms with Gasteiger partial charge in [-0.15, -0.1) is 0 Å². The van der Waals surface area contributed by atoms with Crippen LogP contribution < -0.4 is 5.73 Å². The Bertz CT molecular complexity index is 1020. The molecule has 0 saturated carbocycles. The first kappa shape index (κ1) is 16.2. The molecule has 1 unspecified atom stereocenters. The lowest BCUT2D eigenvalue weighted by Crippen LogP contribution is -2.15. The number of nitrogens with two attached hydrogens (primary N) is 1. The molecule has 0 aliphatic heterocycles. The Hall–Kier alpha value is -3.28. The van der Waals surface area contributed by atoms with E-state index in [1.165, 1.54) is 0 Å². The van der Waals surface area contributed by atoms with Crippen molar-refractivity contribution in [2.75, 3.05) is 5.73 Å². The van der Waals surface area contributed by atoms with Crippen molar-refractivity contribution in [3.05, 3.63) is 107 Å². The lowest BCUT2D eigenvalue weighted by Gasteiger charge is -2.27. The summed E-state index contributed by atoms with van der Waals surface area (Å²) in [5, 5.41) is 10.9. The quantitative estimate of drug-likeness (QED) is 0.507. The van der Waals surface area contributed by atoms with Gasteiger partial charge in [0.15, 0.2) is 0 Å². The molecule has 0 amide bonds. The second kappa shape index (κ2) is 6.92. The van der Waals surface area contributed by atoms with Crippen molar-refractivity contribution in [1.82, 2.24) is 0 Å². The zero-order chi connectivity index (χ0) is 17.9. The van der Waals surface area contributed by atoms with Crippen LogP contribution >= 0.6 is 0 Å². The van der Waals surface area contributed by atoms with Crippen LogP contribution in [0.25, 0.3) is 6.08 Å². The molecular formula is C24H19NO. The van der Waals surface area contributed by atoms with Crippen LogP contribution in [0.1, 0.15) is 39.8 Å². The van der Waals surface area contributed by atoms with E-state index in [4.69, 9.17) is 5.73 Å². The first-order chi connectivity index (χ1) is 12.7. The third-order valence-electron chi connectivity index (χ3n) is 4.73. The predicted octanol–water partition coefficient (Wildman–Crippen LogP) is 4.51. The van der Waals surface area contributed by atoms with Gasteiger partial charge in [-0.3, -0.25) is 0 Å². The highest BCUT2D eigenvalue weighted by Gasteiger charge is 2.27. The van der Waals surface area contributed by atoms with E-state index < -0.39 is 6.10 Å². The Morgan fingerprint density at radius 1 is 0.769 bits per heavy atom. The van der Waals surface area contributed by atoms with Gasteiger partial charge in [0.05, 0.1) is 11.7 Å². The molecule has 3 aromatic rings. The van der Waals surface area contributed by atoms with Gasteiger partial charge in [-0.05, 0) is 34.9 Å². The molecule has 0 fully saturated rings. The third-order valence-corrected chi connectivity index (χ3v) is 4.73. The van der Waals surface area contributed by atoms with E-state index in [2.05, 4.69) is 17.9 Å². The number of nitrogen functional groups attached to an aromatic ring is 1. The van der Waals surface area contributed by atoms with Crippen molar-refractivity contribution >= 4 is 11.8 Å². The summed E-state index contributed by atoms with van der Waals surface area (Å²) in [4.78, 5) is 0. The fourth-order valence-corrected chi connectivity index (χ4v) is 3.38. The molecule has 3 aromatic carbocycles. The van der Waals surface area contributed by atoms with Crippen molar-refractivity contribution in [1.29, 1.82) is 0 Å². The number of benzene rings is 3. The fraction of sp³-hybridized carbons (Fsp3) is 0.0833. The second-order valence-corrected chi connectivity index (χ2v) is 6.39. The standard InChI is InChI=1S/C24H19NO/c25-23-12-6-11-20(21(23)15-13-17-7-2-1-3-8-17)22-16-14-18-9-4-5-10-19(18)24(22)26/h1-12,14,16,22,24,26H,25H2/t22?,24-/m0/s1. The smallest absolute Gasteiger partial charge is 0.0899 e. The molecule has 0 radical (unpaired) electrons. The minimum Gasteiger partial charge on any atom is -0.398 e. The highest BCUT2D eigenvalue weighted by molar-refractivity contribution is 5.66. The molecule has 2 nitrogen and oxygen atoms in total. The average molecular weight is 337 g/mol. The molecule has 1 aliphatic carbocycles. The number of anilines is 1. The molecule has 0 saturated heterocycles. The summed E-state index contributed by atoms with van der Waals surface area (Å²) >= 11 is 0. The highest BCUT2D eigenvalue weighted by Crippen LogP contribution is 2.40. The van der Waals surface area contributed by atoms with Crippen LogP contribution in [-0.4, -0.2) is 5.11 Å². The normalized spacial score (nSPS) is 17.9. The zero-order valence-electron chi connectivity index (χ0n) is 14.3. The predicted molar refractivity (Wildman–Crippen MR) is 106 cm³/mol. The van der Waals surface area contributed by atoms with Crippen molar-refractivity contribution in [2.45, 2.75) is 12.0 Å². The molecule has 3 N–H and O–H groups in total. The molecule has 4 rings (SSSR count). The van der Waals surface area contributed by atoms with Gasteiger partial charge in [-0.2, -0.15) is 0 Å². The minimum atomic E-state index is -0.615. The fourth-order valence-electron chi connectivity index (χ4n) is 3.38. The molecule has 26 heavy (non-hydrogen) atoms. The topological polar surface area (TPSA) is 46.2 Å². The zero-order valence-corrected chi connectivity index (χ0v) is 14.3. The minimum absolute atomic E-state index is 0.173. The Labute approximate surface area is 153 Å². The Morgan fingerprint density at radius 3 is 2.35 bits per heavy atom. The summed E-state index contributed by atoms with van der Waals surface area (Å²) < 4.78 is 0. The summed E-state index contributed by atoms with van der Waals surface area (Å²) in [7, 11) is 0. The van der Waals surface area contributed by atoms with Crippen LogP contribution in [0.5, 0.6) is 0 Å². The summed E-state index contributed by atoms with van der Waals surface area (Å²) in [6, 6.07) is 23.5. The third kappa shape index (κ3) is 3.01. The van der Waals surface area contributed by atoms with Crippen LogP contribution in [0.4, 0.5) is 5.69 Å². The van der Waals surface area contributed by atoms with Gasteiger partial charge in [0.25, 0.3) is 0 Å². The summed E-state index contributed by atoms with van der Waals surface area (Å²) in [6.45, 7) is 0. The van der Waals surface area contributed by atoms with Crippen LogP contribution in [-0.2, 0) is 0 Å². The van der Waals surface area contributed by atoms with Crippen LogP contribution in [0.15, 0.2) is 78.9 Å². The monoisotopic (exact) mass is 337 g/mol. The first-order valence-corrected chi connectivity index (χ1v) is 8.64. The summed E-state index contributed by atoms with van der Waals surface area (Å²) in [6.07, 6.45) is 3.48. The maximum Gasteiger partial charge on any atom is 0.0899 e. The Balaban J connectivity index is 1.77. The summed E-state index contributed by atoms with van der Waals surface area (Å²) in [5.41, 5.74) is 11.5. The first-order valence-electron chi connectivity index (χ1n) is 8.64. The van der Waals surface area contributed by atoms with E-state index in [9.17, 15) is 5.11 Å².